The van der Waals surface area contributed by atoms with Crippen LogP contribution in [-0.4, -0.2) is 36.6 Å². The van der Waals surface area contributed by atoms with Crippen LogP contribution in [0, 0.1) is 0 Å². The summed E-state index contributed by atoms with van der Waals surface area (Å²) in [7, 11) is 0. The third kappa shape index (κ3) is 4.76. The number of rotatable bonds is 5. The topological polar surface area (TPSA) is 74.4 Å². The Balaban J connectivity index is 1.48. The second kappa shape index (κ2) is 8.07. The number of benzene rings is 1. The Morgan fingerprint density at radius 2 is 1.88 bits per heavy atom. The van der Waals surface area contributed by atoms with E-state index in [0.29, 0.717) is 10.7 Å². The summed E-state index contributed by atoms with van der Waals surface area (Å²) in [5.41, 5.74) is 2.04. The van der Waals surface area contributed by atoms with E-state index < -0.39 is 11.9 Å². The third-order valence-corrected chi connectivity index (χ3v) is 4.29. The summed E-state index contributed by atoms with van der Waals surface area (Å²) in [5.74, 6) is -1.01. The van der Waals surface area contributed by atoms with Gasteiger partial charge >= 0.3 is 5.97 Å². The Hall–Kier alpha value is -2.47. The quantitative estimate of drug-likeness (QED) is 0.800. The lowest BCUT2D eigenvalue weighted by Gasteiger charge is -2.28. The molecule has 7 heteroatoms. The van der Waals surface area contributed by atoms with Crippen molar-refractivity contribution in [2.24, 2.45) is 0 Å². The molecule has 2 N–H and O–H groups in total. The van der Waals surface area contributed by atoms with Gasteiger partial charge in [0.25, 0.3) is 5.91 Å². The van der Waals surface area contributed by atoms with Gasteiger partial charge in [0.15, 0.2) is 6.61 Å². The first kappa shape index (κ1) is 17.4. The van der Waals surface area contributed by atoms with Gasteiger partial charge in [-0.15, -0.1) is 0 Å². The molecule has 1 amide bonds. The van der Waals surface area contributed by atoms with E-state index in [0.717, 1.165) is 18.8 Å². The van der Waals surface area contributed by atoms with Crippen LogP contribution in [0.4, 0.5) is 11.4 Å². The van der Waals surface area contributed by atoms with Crippen LogP contribution in [0.1, 0.15) is 29.8 Å². The lowest BCUT2D eigenvalue weighted by molar-refractivity contribution is -0.119. The lowest BCUT2D eigenvalue weighted by Crippen LogP contribution is -2.29. The first-order valence-electron chi connectivity index (χ1n) is 8.28. The summed E-state index contributed by atoms with van der Waals surface area (Å²) in [6.45, 7) is 1.79. The molecule has 0 atom stereocenters. The van der Waals surface area contributed by atoms with Gasteiger partial charge in [-0.1, -0.05) is 11.6 Å². The molecule has 0 bridgehead atoms. The molecule has 1 aromatic heterocycles. The normalized spacial score (nSPS) is 14.2. The molecule has 132 valence electrons. The zero-order chi connectivity index (χ0) is 17.6. The van der Waals surface area contributed by atoms with Crippen molar-refractivity contribution in [1.29, 1.82) is 0 Å². The van der Waals surface area contributed by atoms with Gasteiger partial charge in [0.2, 0.25) is 0 Å². The number of nitrogens with one attached hydrogen (secondary N) is 2. The molecule has 2 aromatic rings. The Labute approximate surface area is 151 Å². The number of esters is 1. The molecule has 1 aliphatic heterocycles. The number of piperidine rings is 1. The Morgan fingerprint density at radius 1 is 1.16 bits per heavy atom. The number of aromatic nitrogens is 1. The number of hydrogen-bond donors (Lipinski definition) is 2. The minimum absolute atomic E-state index is 0.212. The molecule has 1 aliphatic rings. The summed E-state index contributed by atoms with van der Waals surface area (Å²) in [6.07, 6.45) is 5.20. The van der Waals surface area contributed by atoms with Gasteiger partial charge in [-0.25, -0.2) is 4.79 Å². The van der Waals surface area contributed by atoms with Crippen LogP contribution in [0.15, 0.2) is 36.5 Å². The highest BCUT2D eigenvalue weighted by Gasteiger charge is 2.13. The number of halogens is 1. The van der Waals surface area contributed by atoms with Crippen LogP contribution >= 0.6 is 11.6 Å². The van der Waals surface area contributed by atoms with E-state index in [4.69, 9.17) is 16.3 Å². The van der Waals surface area contributed by atoms with Gasteiger partial charge in [-0.2, -0.15) is 0 Å². The summed E-state index contributed by atoms with van der Waals surface area (Å²) in [5, 5.41) is 3.12. The second-order valence-electron chi connectivity index (χ2n) is 5.95. The highest BCUT2D eigenvalue weighted by molar-refractivity contribution is 6.30. The SMILES string of the molecule is O=C(COC(=O)c1cc(Cl)c[nH]1)Nc1ccc(N2CCCCC2)cc1. The summed E-state index contributed by atoms with van der Waals surface area (Å²) in [4.78, 5) is 28.7. The van der Waals surface area contributed by atoms with E-state index in [1.54, 1.807) is 0 Å². The number of carbonyl (C=O) groups excluding carboxylic acids is 2. The number of nitrogens with zero attached hydrogens (tertiary/aromatic N) is 1. The Kier molecular flexibility index (Phi) is 5.60. The number of H-pyrrole nitrogens is 1. The number of amides is 1. The molecular formula is C18H20ClN3O3. The summed E-state index contributed by atoms with van der Waals surface area (Å²) >= 11 is 5.72. The summed E-state index contributed by atoms with van der Waals surface area (Å²) < 4.78 is 4.95. The van der Waals surface area contributed by atoms with Crippen LogP contribution in [0.2, 0.25) is 5.02 Å². The van der Waals surface area contributed by atoms with Gasteiger partial charge in [0.05, 0.1) is 5.02 Å². The van der Waals surface area contributed by atoms with E-state index in [9.17, 15) is 9.59 Å². The van der Waals surface area contributed by atoms with E-state index >= 15 is 0 Å². The molecule has 3 rings (SSSR count). The second-order valence-corrected chi connectivity index (χ2v) is 6.39. The van der Waals surface area contributed by atoms with E-state index in [2.05, 4.69) is 15.2 Å². The molecule has 0 unspecified atom stereocenters. The van der Waals surface area contributed by atoms with Gasteiger partial charge in [0, 0.05) is 30.7 Å². The average molecular weight is 362 g/mol. The molecule has 1 saturated heterocycles. The largest absolute Gasteiger partial charge is 0.451 e. The van der Waals surface area contributed by atoms with Crippen molar-refractivity contribution in [3.8, 4) is 0 Å². The molecule has 25 heavy (non-hydrogen) atoms. The maximum Gasteiger partial charge on any atom is 0.355 e. The van der Waals surface area contributed by atoms with E-state index in [-0.39, 0.29) is 12.3 Å². The van der Waals surface area contributed by atoms with E-state index in [1.807, 2.05) is 24.3 Å². The predicted octanol–water partition coefficient (Wildman–Crippen LogP) is 3.45. The minimum atomic E-state index is -0.623. The molecule has 0 radical (unpaired) electrons. The Morgan fingerprint density at radius 3 is 2.52 bits per heavy atom. The molecule has 6 nitrogen and oxygen atoms in total. The highest BCUT2D eigenvalue weighted by Crippen LogP contribution is 2.21. The molecule has 0 saturated carbocycles. The van der Waals surface area contributed by atoms with Gasteiger partial charge in [-0.05, 0) is 49.6 Å². The average Bonchev–Trinajstić information content (AvgIpc) is 3.08. The van der Waals surface area contributed by atoms with Crippen molar-refractivity contribution in [3.63, 3.8) is 0 Å². The fraction of sp³-hybridized carbons (Fsp3) is 0.333. The third-order valence-electron chi connectivity index (χ3n) is 4.07. The summed E-state index contributed by atoms with van der Waals surface area (Å²) in [6, 6.07) is 9.14. The molecular weight excluding hydrogens is 342 g/mol. The first-order chi connectivity index (χ1) is 12.1. The highest BCUT2D eigenvalue weighted by atomic mass is 35.5. The zero-order valence-corrected chi connectivity index (χ0v) is 14.5. The molecule has 1 fully saturated rings. The van der Waals surface area contributed by atoms with Crippen molar-refractivity contribution in [2.45, 2.75) is 19.3 Å². The standard InChI is InChI=1S/C18H20ClN3O3/c19-13-10-16(20-11-13)18(24)25-12-17(23)21-14-4-6-15(7-5-14)22-8-2-1-3-9-22/h4-7,10-11,20H,1-3,8-9,12H2,(H,21,23). The van der Waals surface area contributed by atoms with Crippen LogP contribution in [-0.2, 0) is 9.53 Å². The predicted molar refractivity (Wildman–Crippen MR) is 97.2 cm³/mol. The first-order valence-corrected chi connectivity index (χ1v) is 8.65. The maximum atomic E-state index is 11.9. The van der Waals surface area contributed by atoms with Gasteiger partial charge < -0.3 is 19.9 Å². The van der Waals surface area contributed by atoms with Crippen LogP contribution in [0.5, 0.6) is 0 Å². The van der Waals surface area contributed by atoms with Crippen molar-refractivity contribution in [3.05, 3.63) is 47.2 Å². The van der Waals surface area contributed by atoms with Crippen molar-refractivity contribution in [2.75, 3.05) is 29.9 Å². The number of ether oxygens (including phenoxy) is 1. The molecule has 1 aromatic carbocycles. The van der Waals surface area contributed by atoms with Gasteiger partial charge in [0.1, 0.15) is 5.69 Å². The number of anilines is 2. The van der Waals surface area contributed by atoms with Crippen LogP contribution < -0.4 is 10.2 Å². The monoisotopic (exact) mass is 361 g/mol. The molecule has 2 heterocycles. The number of hydrogen-bond acceptors (Lipinski definition) is 4. The fourth-order valence-corrected chi connectivity index (χ4v) is 2.96. The van der Waals surface area contributed by atoms with Crippen LogP contribution in [0.3, 0.4) is 0 Å². The zero-order valence-electron chi connectivity index (χ0n) is 13.8. The molecule has 0 aliphatic carbocycles. The van der Waals surface area contributed by atoms with Gasteiger partial charge in [-0.3, -0.25) is 4.79 Å². The van der Waals surface area contributed by atoms with Crippen LogP contribution in [0.25, 0.3) is 0 Å². The Bertz CT molecular complexity index is 736. The fourth-order valence-electron chi connectivity index (χ4n) is 2.80. The minimum Gasteiger partial charge on any atom is -0.451 e. The molecule has 0 spiro atoms. The van der Waals surface area contributed by atoms with Crippen molar-refractivity contribution >= 4 is 34.9 Å². The lowest BCUT2D eigenvalue weighted by atomic mass is 10.1. The number of aromatic amines is 1. The van der Waals surface area contributed by atoms with Crippen molar-refractivity contribution < 1.29 is 14.3 Å². The smallest absolute Gasteiger partial charge is 0.355 e. The maximum absolute atomic E-state index is 11.9. The van der Waals surface area contributed by atoms with E-state index in [1.165, 1.54) is 31.5 Å². The van der Waals surface area contributed by atoms with Crippen molar-refractivity contribution in [1.82, 2.24) is 4.98 Å². The number of carbonyl (C=O) groups is 2.